The van der Waals surface area contributed by atoms with Crippen LogP contribution in [0.4, 0.5) is 5.82 Å². The number of likely N-dealkylation sites (tertiary alicyclic amines) is 1. The molecule has 1 aliphatic heterocycles. The van der Waals surface area contributed by atoms with E-state index >= 15 is 0 Å². The van der Waals surface area contributed by atoms with Gasteiger partial charge in [-0.3, -0.25) is 28.4 Å². The standard InChI is InChI=1S/C17H26N4O5/c1-4-7-21-14(18)13(15(23)19(2)17(21)25)12(22)10-20-8-5-11(6-9-20)16(24)26-3/h11H,4-10,18H2,1-3H3. The van der Waals surface area contributed by atoms with E-state index in [9.17, 15) is 19.2 Å². The number of carbonyl (C=O) groups is 2. The van der Waals surface area contributed by atoms with Crippen LogP contribution in [0.15, 0.2) is 9.59 Å². The van der Waals surface area contributed by atoms with Crippen LogP contribution < -0.4 is 17.0 Å². The molecule has 26 heavy (non-hydrogen) atoms. The lowest BCUT2D eigenvalue weighted by Crippen LogP contribution is -2.45. The van der Waals surface area contributed by atoms with Crippen molar-refractivity contribution in [1.29, 1.82) is 0 Å². The molecule has 1 fully saturated rings. The van der Waals surface area contributed by atoms with Crippen molar-refractivity contribution in [3.63, 3.8) is 0 Å². The number of ketones is 1. The largest absolute Gasteiger partial charge is 0.469 e. The fourth-order valence-corrected chi connectivity index (χ4v) is 3.26. The number of nitrogens with zero attached hydrogens (tertiary/aromatic N) is 3. The van der Waals surface area contributed by atoms with Gasteiger partial charge in [0.25, 0.3) is 5.56 Å². The lowest BCUT2D eigenvalue weighted by molar-refractivity contribution is -0.146. The van der Waals surface area contributed by atoms with E-state index in [1.54, 1.807) is 0 Å². The number of anilines is 1. The Morgan fingerprint density at radius 1 is 1.23 bits per heavy atom. The number of carbonyl (C=O) groups excluding carboxylic acids is 2. The highest BCUT2D eigenvalue weighted by molar-refractivity contribution is 6.01. The zero-order valence-electron chi connectivity index (χ0n) is 15.5. The molecule has 1 aliphatic rings. The normalized spacial score (nSPS) is 15.8. The van der Waals surface area contributed by atoms with Gasteiger partial charge in [0, 0.05) is 13.6 Å². The molecule has 0 unspecified atom stereocenters. The zero-order chi connectivity index (χ0) is 19.4. The molecule has 0 atom stereocenters. The predicted octanol–water partition coefficient (Wildman–Crippen LogP) is -0.393. The Bertz CT molecular complexity index is 803. The van der Waals surface area contributed by atoms with E-state index in [2.05, 4.69) is 0 Å². The van der Waals surface area contributed by atoms with Crippen molar-refractivity contribution in [2.24, 2.45) is 13.0 Å². The molecule has 2 heterocycles. The summed E-state index contributed by atoms with van der Waals surface area (Å²) in [6, 6.07) is 0. The molecule has 0 bridgehead atoms. The van der Waals surface area contributed by atoms with Crippen molar-refractivity contribution in [2.75, 3.05) is 32.5 Å². The molecule has 2 rings (SSSR count). The number of hydrogen-bond acceptors (Lipinski definition) is 7. The highest BCUT2D eigenvalue weighted by Crippen LogP contribution is 2.19. The minimum atomic E-state index is -0.672. The van der Waals surface area contributed by atoms with Gasteiger partial charge in [-0.05, 0) is 32.4 Å². The number of esters is 1. The second-order valence-electron chi connectivity index (χ2n) is 6.56. The number of nitrogen functional groups attached to an aromatic ring is 1. The molecule has 9 heteroatoms. The molecule has 1 saturated heterocycles. The fourth-order valence-electron chi connectivity index (χ4n) is 3.26. The number of piperidine rings is 1. The highest BCUT2D eigenvalue weighted by Gasteiger charge is 2.28. The number of nitrogens with two attached hydrogens (primary N) is 1. The van der Waals surface area contributed by atoms with Crippen molar-refractivity contribution in [3.8, 4) is 0 Å². The SMILES string of the molecule is CCCn1c(N)c(C(=O)CN2CCC(C(=O)OC)CC2)c(=O)n(C)c1=O. The Labute approximate surface area is 151 Å². The highest BCUT2D eigenvalue weighted by atomic mass is 16.5. The molecule has 2 N–H and O–H groups in total. The van der Waals surface area contributed by atoms with Crippen LogP contribution in [0.3, 0.4) is 0 Å². The third-order valence-corrected chi connectivity index (χ3v) is 4.80. The van der Waals surface area contributed by atoms with Gasteiger partial charge in [0.05, 0.1) is 19.6 Å². The van der Waals surface area contributed by atoms with E-state index in [1.807, 2.05) is 11.8 Å². The van der Waals surface area contributed by atoms with Gasteiger partial charge in [-0.2, -0.15) is 0 Å². The smallest absolute Gasteiger partial charge is 0.332 e. The Kier molecular flexibility index (Phi) is 6.36. The molecule has 0 aromatic carbocycles. The van der Waals surface area contributed by atoms with Gasteiger partial charge in [-0.15, -0.1) is 0 Å². The van der Waals surface area contributed by atoms with Crippen molar-refractivity contribution >= 4 is 17.6 Å². The molecule has 0 radical (unpaired) electrons. The summed E-state index contributed by atoms with van der Waals surface area (Å²) in [6.07, 6.45) is 1.85. The lowest BCUT2D eigenvalue weighted by Gasteiger charge is -2.30. The summed E-state index contributed by atoms with van der Waals surface area (Å²) in [5.41, 5.74) is 4.64. The van der Waals surface area contributed by atoms with Gasteiger partial charge in [-0.1, -0.05) is 6.92 Å². The number of aromatic nitrogens is 2. The number of hydrogen-bond donors (Lipinski definition) is 1. The summed E-state index contributed by atoms with van der Waals surface area (Å²) in [5.74, 6) is -0.879. The van der Waals surface area contributed by atoms with E-state index in [4.69, 9.17) is 10.5 Å². The number of ether oxygens (including phenoxy) is 1. The van der Waals surface area contributed by atoms with Crippen LogP contribution in [-0.4, -0.2) is 52.5 Å². The van der Waals surface area contributed by atoms with Crippen LogP contribution in [0, 0.1) is 5.92 Å². The van der Waals surface area contributed by atoms with E-state index in [0.29, 0.717) is 38.9 Å². The Morgan fingerprint density at radius 3 is 2.38 bits per heavy atom. The maximum absolute atomic E-state index is 12.7. The van der Waals surface area contributed by atoms with Crippen LogP contribution in [0.2, 0.25) is 0 Å². The molecule has 0 saturated carbocycles. The van der Waals surface area contributed by atoms with E-state index in [1.165, 1.54) is 18.7 Å². The van der Waals surface area contributed by atoms with Crippen LogP contribution in [0.1, 0.15) is 36.5 Å². The van der Waals surface area contributed by atoms with E-state index in [0.717, 1.165) is 4.57 Å². The molecule has 1 aromatic rings. The first-order chi connectivity index (χ1) is 12.3. The average molecular weight is 366 g/mol. The van der Waals surface area contributed by atoms with Crippen LogP contribution in [0.25, 0.3) is 0 Å². The number of methoxy groups -OCH3 is 1. The zero-order valence-corrected chi connectivity index (χ0v) is 15.5. The summed E-state index contributed by atoms with van der Waals surface area (Å²) >= 11 is 0. The maximum atomic E-state index is 12.7. The van der Waals surface area contributed by atoms with Gasteiger partial charge < -0.3 is 10.5 Å². The minimum absolute atomic E-state index is 0.0255. The predicted molar refractivity (Wildman–Crippen MR) is 96.2 cm³/mol. The molecule has 0 aliphatic carbocycles. The lowest BCUT2D eigenvalue weighted by atomic mass is 9.96. The van der Waals surface area contributed by atoms with Gasteiger partial charge >= 0.3 is 11.7 Å². The Balaban J connectivity index is 2.19. The van der Waals surface area contributed by atoms with Crippen molar-refractivity contribution < 1.29 is 14.3 Å². The molecule has 0 spiro atoms. The first-order valence-electron chi connectivity index (χ1n) is 8.74. The average Bonchev–Trinajstić information content (AvgIpc) is 2.63. The van der Waals surface area contributed by atoms with Crippen molar-refractivity contribution in [3.05, 3.63) is 26.4 Å². The van der Waals surface area contributed by atoms with Crippen molar-refractivity contribution in [1.82, 2.24) is 14.0 Å². The molecular formula is C17H26N4O5. The molecular weight excluding hydrogens is 340 g/mol. The summed E-state index contributed by atoms with van der Waals surface area (Å²) in [5, 5.41) is 0. The van der Waals surface area contributed by atoms with Crippen LogP contribution in [0.5, 0.6) is 0 Å². The third kappa shape index (κ3) is 3.87. The van der Waals surface area contributed by atoms with Crippen LogP contribution >= 0.6 is 0 Å². The minimum Gasteiger partial charge on any atom is -0.469 e. The molecule has 1 aromatic heterocycles. The first kappa shape index (κ1) is 19.9. The fraction of sp³-hybridized carbons (Fsp3) is 0.647. The second-order valence-corrected chi connectivity index (χ2v) is 6.56. The van der Waals surface area contributed by atoms with Gasteiger partial charge in [0.1, 0.15) is 11.4 Å². The first-order valence-corrected chi connectivity index (χ1v) is 8.74. The topological polar surface area (TPSA) is 117 Å². The number of rotatable bonds is 6. The summed E-state index contributed by atoms with van der Waals surface area (Å²) in [6.45, 7) is 3.35. The van der Waals surface area contributed by atoms with Gasteiger partial charge in [-0.25, -0.2) is 4.79 Å². The van der Waals surface area contributed by atoms with E-state index in [-0.39, 0.29) is 29.8 Å². The van der Waals surface area contributed by atoms with Crippen molar-refractivity contribution in [2.45, 2.75) is 32.7 Å². The van der Waals surface area contributed by atoms with E-state index < -0.39 is 17.0 Å². The maximum Gasteiger partial charge on any atom is 0.332 e. The monoisotopic (exact) mass is 366 g/mol. The summed E-state index contributed by atoms with van der Waals surface area (Å²) < 4.78 is 6.93. The molecule has 0 amide bonds. The number of Topliss-reactive ketones (excluding diaryl/α,β-unsaturated/α-hetero) is 1. The second kappa shape index (κ2) is 8.31. The van der Waals surface area contributed by atoms with Crippen LogP contribution in [-0.2, 0) is 23.1 Å². The molecule has 144 valence electrons. The Morgan fingerprint density at radius 2 is 1.85 bits per heavy atom. The summed E-state index contributed by atoms with van der Waals surface area (Å²) in [7, 11) is 2.71. The van der Waals surface area contributed by atoms with Gasteiger partial charge in [0.15, 0.2) is 5.78 Å². The molecule has 9 nitrogen and oxygen atoms in total. The third-order valence-electron chi connectivity index (χ3n) is 4.80. The van der Waals surface area contributed by atoms with Gasteiger partial charge in [0.2, 0.25) is 0 Å². The Hall–Kier alpha value is -2.42. The quantitative estimate of drug-likeness (QED) is 0.538. The summed E-state index contributed by atoms with van der Waals surface area (Å²) in [4.78, 5) is 50.7.